The molecule has 1 fully saturated rings. The van der Waals surface area contributed by atoms with Gasteiger partial charge in [0.2, 0.25) is 5.91 Å². The van der Waals surface area contributed by atoms with Crippen LogP contribution in [0.5, 0.6) is 0 Å². The predicted octanol–water partition coefficient (Wildman–Crippen LogP) is 4.67. The molecule has 0 aromatic heterocycles. The number of halogens is 3. The van der Waals surface area contributed by atoms with Gasteiger partial charge in [0.15, 0.2) is 5.96 Å². The van der Waals surface area contributed by atoms with Gasteiger partial charge in [-0.25, -0.2) is 0 Å². The Labute approximate surface area is 205 Å². The van der Waals surface area contributed by atoms with Crippen LogP contribution in [0.2, 0.25) is 10.0 Å². The van der Waals surface area contributed by atoms with Crippen molar-refractivity contribution in [2.24, 2.45) is 16.6 Å². The van der Waals surface area contributed by atoms with E-state index in [1.807, 2.05) is 36.1 Å². The van der Waals surface area contributed by atoms with Crippen molar-refractivity contribution in [3.8, 4) is 0 Å². The molecule has 1 aliphatic rings. The molecule has 0 saturated carbocycles. The van der Waals surface area contributed by atoms with Crippen LogP contribution in [0.3, 0.4) is 0 Å². The Bertz CT molecular complexity index is 879. The zero-order chi connectivity index (χ0) is 20.8. The van der Waals surface area contributed by atoms with Crippen LogP contribution < -0.4 is 11.1 Å². The van der Waals surface area contributed by atoms with E-state index in [0.29, 0.717) is 29.0 Å². The van der Waals surface area contributed by atoms with Crippen molar-refractivity contribution < 1.29 is 4.79 Å². The average molecular weight is 561 g/mol. The number of likely N-dealkylation sites (tertiary alicyclic amines) is 1. The van der Waals surface area contributed by atoms with Crippen LogP contribution in [0.25, 0.3) is 0 Å². The molecular formula is C22H27Cl2IN4O. The molecule has 0 bridgehead atoms. The van der Waals surface area contributed by atoms with Crippen LogP contribution in [-0.4, -0.2) is 36.4 Å². The van der Waals surface area contributed by atoms with Gasteiger partial charge in [-0.05, 0) is 36.6 Å². The highest BCUT2D eigenvalue weighted by Crippen LogP contribution is 2.26. The zero-order valence-corrected chi connectivity index (χ0v) is 20.7. The third-order valence-electron chi connectivity index (χ3n) is 5.12. The third-order valence-corrected chi connectivity index (χ3v) is 5.68. The molecular weight excluding hydrogens is 534 g/mol. The van der Waals surface area contributed by atoms with Crippen molar-refractivity contribution in [1.82, 2.24) is 10.2 Å². The van der Waals surface area contributed by atoms with Crippen molar-refractivity contribution in [2.75, 3.05) is 19.6 Å². The smallest absolute Gasteiger partial charge is 0.223 e. The first kappa shape index (κ1) is 24.8. The van der Waals surface area contributed by atoms with Gasteiger partial charge in [0, 0.05) is 42.0 Å². The van der Waals surface area contributed by atoms with Gasteiger partial charge in [-0.1, -0.05) is 59.6 Å². The lowest BCUT2D eigenvalue weighted by molar-refractivity contribution is -0.127. The molecule has 1 heterocycles. The highest BCUT2D eigenvalue weighted by molar-refractivity contribution is 14.0. The summed E-state index contributed by atoms with van der Waals surface area (Å²) < 4.78 is 0. The van der Waals surface area contributed by atoms with Gasteiger partial charge in [-0.15, -0.1) is 24.0 Å². The Balaban J connectivity index is 0.00000320. The number of aliphatic imine (C=N–C) groups is 1. The molecule has 2 unspecified atom stereocenters. The number of nitrogens with two attached hydrogens (primary N) is 1. The fourth-order valence-electron chi connectivity index (χ4n) is 3.53. The molecule has 2 aromatic carbocycles. The lowest BCUT2D eigenvalue weighted by atomic mass is 10.1. The molecule has 0 spiro atoms. The summed E-state index contributed by atoms with van der Waals surface area (Å²) in [6, 6.07) is 15.5. The monoisotopic (exact) mass is 560 g/mol. The van der Waals surface area contributed by atoms with Crippen LogP contribution in [-0.2, 0) is 11.2 Å². The van der Waals surface area contributed by atoms with Crippen molar-refractivity contribution in [1.29, 1.82) is 0 Å². The van der Waals surface area contributed by atoms with Crippen molar-refractivity contribution in [3.63, 3.8) is 0 Å². The molecule has 1 amide bonds. The summed E-state index contributed by atoms with van der Waals surface area (Å²) >= 11 is 12.2. The van der Waals surface area contributed by atoms with E-state index < -0.39 is 0 Å². The number of hydrogen-bond acceptors (Lipinski definition) is 2. The van der Waals surface area contributed by atoms with E-state index in [2.05, 4.69) is 22.4 Å². The molecule has 5 nitrogen and oxygen atoms in total. The van der Waals surface area contributed by atoms with Crippen molar-refractivity contribution in [2.45, 2.75) is 25.8 Å². The highest BCUT2D eigenvalue weighted by Gasteiger charge is 2.29. The van der Waals surface area contributed by atoms with E-state index >= 15 is 0 Å². The number of nitrogens with one attached hydrogen (secondary N) is 1. The van der Waals surface area contributed by atoms with E-state index in [-0.39, 0.29) is 41.8 Å². The minimum Gasteiger partial charge on any atom is -0.370 e. The number of carbonyl (C=O) groups excluding carboxylic acids is 1. The number of rotatable bonds is 7. The quantitative estimate of drug-likeness (QED) is 0.294. The van der Waals surface area contributed by atoms with Crippen LogP contribution in [0, 0.1) is 5.92 Å². The van der Waals surface area contributed by atoms with Gasteiger partial charge in [0.1, 0.15) is 0 Å². The van der Waals surface area contributed by atoms with E-state index in [1.165, 1.54) is 5.56 Å². The predicted molar refractivity (Wildman–Crippen MR) is 135 cm³/mol. The SMILES string of the molecule is CC(NC(N)=NCC1CC(=O)N(CCc2ccccc2)C1)c1ccc(Cl)cc1Cl.I. The molecule has 3 rings (SSSR count). The molecule has 2 atom stereocenters. The van der Waals surface area contributed by atoms with Gasteiger partial charge in [0.05, 0.1) is 6.04 Å². The standard InChI is InChI=1S/C22H26Cl2N4O.HI/c1-15(19-8-7-18(23)12-20(19)24)27-22(25)26-13-17-11-21(29)28(14-17)10-9-16-5-3-2-4-6-16;/h2-8,12,15,17H,9-11,13-14H2,1H3,(H3,25,26,27);1H. The molecule has 1 aliphatic heterocycles. The van der Waals surface area contributed by atoms with Crippen LogP contribution in [0.4, 0.5) is 0 Å². The molecule has 8 heteroatoms. The summed E-state index contributed by atoms with van der Waals surface area (Å²) in [6.07, 6.45) is 1.38. The average Bonchev–Trinajstić information content (AvgIpc) is 3.05. The van der Waals surface area contributed by atoms with Crippen LogP contribution in [0.15, 0.2) is 53.5 Å². The van der Waals surface area contributed by atoms with Gasteiger partial charge in [-0.2, -0.15) is 0 Å². The Kier molecular flexibility index (Phi) is 9.71. The van der Waals surface area contributed by atoms with Gasteiger partial charge >= 0.3 is 0 Å². The highest BCUT2D eigenvalue weighted by atomic mass is 127. The largest absolute Gasteiger partial charge is 0.370 e. The molecule has 3 N–H and O–H groups in total. The second-order valence-electron chi connectivity index (χ2n) is 7.40. The number of nitrogens with zero attached hydrogens (tertiary/aromatic N) is 2. The lowest BCUT2D eigenvalue weighted by Gasteiger charge is -2.17. The number of benzene rings is 2. The Hall–Kier alpha value is -1.51. The fraction of sp³-hybridized carbons (Fsp3) is 0.364. The Morgan fingerprint density at radius 3 is 2.70 bits per heavy atom. The fourth-order valence-corrected chi connectivity index (χ4v) is 4.10. The summed E-state index contributed by atoms with van der Waals surface area (Å²) in [5.74, 6) is 0.723. The number of carbonyl (C=O) groups is 1. The van der Waals surface area contributed by atoms with E-state index in [0.717, 1.165) is 25.1 Å². The van der Waals surface area contributed by atoms with E-state index in [9.17, 15) is 4.79 Å². The van der Waals surface area contributed by atoms with Crippen molar-refractivity contribution >= 4 is 59.0 Å². The van der Waals surface area contributed by atoms with Crippen molar-refractivity contribution in [3.05, 3.63) is 69.7 Å². The minimum absolute atomic E-state index is 0. The molecule has 2 aromatic rings. The number of guanidine groups is 1. The van der Waals surface area contributed by atoms with Gasteiger partial charge in [-0.3, -0.25) is 9.79 Å². The zero-order valence-electron chi connectivity index (χ0n) is 16.9. The summed E-state index contributed by atoms with van der Waals surface area (Å²) in [5, 5.41) is 4.33. The Morgan fingerprint density at radius 1 is 1.27 bits per heavy atom. The molecule has 0 aliphatic carbocycles. The summed E-state index contributed by atoms with van der Waals surface area (Å²) in [5.41, 5.74) is 8.19. The second kappa shape index (κ2) is 11.8. The normalized spacial score (nSPS) is 17.6. The maximum absolute atomic E-state index is 12.3. The maximum atomic E-state index is 12.3. The van der Waals surface area contributed by atoms with Gasteiger partial charge in [0.25, 0.3) is 0 Å². The molecule has 1 saturated heterocycles. The second-order valence-corrected chi connectivity index (χ2v) is 8.25. The van der Waals surface area contributed by atoms with E-state index in [1.54, 1.807) is 12.1 Å². The first-order valence-corrected chi connectivity index (χ1v) is 10.5. The minimum atomic E-state index is -0.101. The maximum Gasteiger partial charge on any atom is 0.223 e. The number of hydrogen-bond donors (Lipinski definition) is 2. The summed E-state index contributed by atoms with van der Waals surface area (Å²) in [7, 11) is 0. The summed E-state index contributed by atoms with van der Waals surface area (Å²) in [4.78, 5) is 18.6. The molecule has 162 valence electrons. The lowest BCUT2D eigenvalue weighted by Crippen LogP contribution is -2.34. The third kappa shape index (κ3) is 7.03. The summed E-state index contributed by atoms with van der Waals surface area (Å²) in [6.45, 7) is 3.94. The molecule has 30 heavy (non-hydrogen) atoms. The topological polar surface area (TPSA) is 70.7 Å². The molecule has 0 radical (unpaired) electrons. The first-order chi connectivity index (χ1) is 13.9. The van der Waals surface area contributed by atoms with Crippen LogP contribution in [0.1, 0.15) is 30.5 Å². The van der Waals surface area contributed by atoms with Gasteiger partial charge < -0.3 is 16.0 Å². The van der Waals surface area contributed by atoms with Crippen LogP contribution >= 0.6 is 47.2 Å². The number of amides is 1. The first-order valence-electron chi connectivity index (χ1n) is 9.75. The Morgan fingerprint density at radius 2 is 2.00 bits per heavy atom. The van der Waals surface area contributed by atoms with E-state index in [4.69, 9.17) is 28.9 Å².